The fraction of sp³-hybridized carbons (Fsp3) is 0.474. The van der Waals surface area contributed by atoms with Crippen LogP contribution in [0.5, 0.6) is 0 Å². The number of benzene rings is 1. The van der Waals surface area contributed by atoms with E-state index in [9.17, 15) is 9.90 Å². The molecule has 25 heavy (non-hydrogen) atoms. The lowest BCUT2D eigenvalue weighted by molar-refractivity contribution is 0.101. The zero-order chi connectivity index (χ0) is 17.5. The Morgan fingerprint density at radius 3 is 2.96 bits per heavy atom. The van der Waals surface area contributed by atoms with Crippen LogP contribution in [0.3, 0.4) is 0 Å². The molecule has 1 aromatic carbocycles. The van der Waals surface area contributed by atoms with Crippen molar-refractivity contribution in [2.45, 2.75) is 44.9 Å². The van der Waals surface area contributed by atoms with Crippen molar-refractivity contribution in [3.8, 4) is 0 Å². The van der Waals surface area contributed by atoms with Crippen LogP contribution in [0.25, 0.3) is 0 Å². The molecule has 1 aliphatic rings. The molecule has 6 nitrogen and oxygen atoms in total. The Bertz CT molecular complexity index is 672. The molecule has 2 unspecified atom stereocenters. The van der Waals surface area contributed by atoms with E-state index < -0.39 is 0 Å². The largest absolute Gasteiger partial charge is 0.393 e. The van der Waals surface area contributed by atoms with Gasteiger partial charge < -0.3 is 20.3 Å². The van der Waals surface area contributed by atoms with Gasteiger partial charge in [-0.3, -0.25) is 0 Å². The highest BCUT2D eigenvalue weighted by Gasteiger charge is 2.20. The lowest BCUT2D eigenvalue weighted by Gasteiger charge is -2.25. The summed E-state index contributed by atoms with van der Waals surface area (Å²) in [6, 6.07) is 8.02. The van der Waals surface area contributed by atoms with Gasteiger partial charge in [0.25, 0.3) is 0 Å². The number of amides is 2. The Kier molecular flexibility index (Phi) is 6.06. The van der Waals surface area contributed by atoms with E-state index >= 15 is 0 Å². The molecule has 0 saturated heterocycles. The maximum absolute atomic E-state index is 12.0. The Hall–Kier alpha value is -2.34. The third-order valence-electron chi connectivity index (χ3n) is 4.68. The van der Waals surface area contributed by atoms with Crippen LogP contribution in [0.1, 0.15) is 36.8 Å². The molecule has 1 aromatic heterocycles. The third kappa shape index (κ3) is 5.60. The monoisotopic (exact) mass is 342 g/mol. The van der Waals surface area contributed by atoms with Gasteiger partial charge >= 0.3 is 6.03 Å². The minimum Gasteiger partial charge on any atom is -0.393 e. The summed E-state index contributed by atoms with van der Waals surface area (Å²) in [6.07, 6.45) is 9.07. The maximum Gasteiger partial charge on any atom is 0.315 e. The van der Waals surface area contributed by atoms with E-state index in [1.165, 1.54) is 5.56 Å². The number of hydrogen-bond donors (Lipinski definition) is 3. The van der Waals surface area contributed by atoms with Gasteiger partial charge in [0.2, 0.25) is 0 Å². The Labute approximate surface area is 148 Å². The number of aromatic nitrogens is 2. The van der Waals surface area contributed by atoms with Gasteiger partial charge in [-0.15, -0.1) is 0 Å². The minimum absolute atomic E-state index is 0.153. The van der Waals surface area contributed by atoms with E-state index in [0.29, 0.717) is 19.0 Å². The van der Waals surface area contributed by atoms with Crippen molar-refractivity contribution in [3.05, 3.63) is 54.1 Å². The summed E-state index contributed by atoms with van der Waals surface area (Å²) in [6.45, 7) is 1.89. The lowest BCUT2D eigenvalue weighted by atomic mass is 9.87. The third-order valence-corrected chi connectivity index (χ3v) is 4.68. The second-order valence-corrected chi connectivity index (χ2v) is 6.81. The van der Waals surface area contributed by atoms with Gasteiger partial charge in [-0.1, -0.05) is 30.7 Å². The van der Waals surface area contributed by atoms with Crippen LogP contribution < -0.4 is 10.6 Å². The standard InChI is InChI=1S/C19H26N4O2/c24-18-6-2-4-16(10-18)12-22-19(25)21-11-15-3-1-5-17(9-15)13-23-8-7-20-14-23/h1,3,5,7-9,14,16,18,24H,2,4,6,10-13H2,(H2,21,22,25). The Balaban J connectivity index is 1.42. The lowest BCUT2D eigenvalue weighted by Crippen LogP contribution is -2.39. The van der Waals surface area contributed by atoms with Crippen molar-refractivity contribution < 1.29 is 9.90 Å². The van der Waals surface area contributed by atoms with Crippen molar-refractivity contribution in [3.63, 3.8) is 0 Å². The summed E-state index contributed by atoms with van der Waals surface area (Å²) in [5.74, 6) is 0.382. The van der Waals surface area contributed by atoms with E-state index in [1.807, 2.05) is 22.9 Å². The molecule has 6 heteroatoms. The molecule has 0 spiro atoms. The number of imidazole rings is 1. The number of hydrogen-bond acceptors (Lipinski definition) is 3. The van der Waals surface area contributed by atoms with E-state index in [0.717, 1.165) is 37.8 Å². The smallest absolute Gasteiger partial charge is 0.315 e. The van der Waals surface area contributed by atoms with Crippen molar-refractivity contribution >= 4 is 6.03 Å². The van der Waals surface area contributed by atoms with Gasteiger partial charge in [0.15, 0.2) is 0 Å². The first-order chi connectivity index (χ1) is 12.2. The molecule has 1 aliphatic carbocycles. The number of aliphatic hydroxyl groups is 1. The highest BCUT2D eigenvalue weighted by atomic mass is 16.3. The molecule has 1 heterocycles. The summed E-state index contributed by atoms with van der Waals surface area (Å²) in [4.78, 5) is 16.0. The number of aliphatic hydroxyl groups excluding tert-OH is 1. The number of carbonyl (C=O) groups is 1. The molecule has 3 rings (SSSR count). The van der Waals surface area contributed by atoms with E-state index in [-0.39, 0.29) is 12.1 Å². The average Bonchev–Trinajstić information content (AvgIpc) is 3.11. The van der Waals surface area contributed by atoms with Crippen LogP contribution in [0.2, 0.25) is 0 Å². The highest BCUT2D eigenvalue weighted by molar-refractivity contribution is 5.73. The van der Waals surface area contributed by atoms with Gasteiger partial charge in [-0.25, -0.2) is 9.78 Å². The quantitative estimate of drug-likeness (QED) is 0.753. The molecule has 2 amide bonds. The first-order valence-corrected chi connectivity index (χ1v) is 8.92. The molecule has 0 radical (unpaired) electrons. The Morgan fingerprint density at radius 2 is 2.16 bits per heavy atom. The number of nitrogens with one attached hydrogen (secondary N) is 2. The molecule has 1 fully saturated rings. The maximum atomic E-state index is 12.0. The van der Waals surface area contributed by atoms with Gasteiger partial charge in [0.1, 0.15) is 0 Å². The molecule has 2 atom stereocenters. The Morgan fingerprint density at radius 1 is 1.28 bits per heavy atom. The summed E-state index contributed by atoms with van der Waals surface area (Å²) in [5.41, 5.74) is 2.25. The van der Waals surface area contributed by atoms with E-state index in [1.54, 1.807) is 12.5 Å². The van der Waals surface area contributed by atoms with Gasteiger partial charge in [-0.05, 0) is 36.3 Å². The molecular formula is C19H26N4O2. The van der Waals surface area contributed by atoms with E-state index in [2.05, 4.69) is 27.8 Å². The summed E-state index contributed by atoms with van der Waals surface area (Å²) in [5, 5.41) is 15.5. The van der Waals surface area contributed by atoms with Crippen molar-refractivity contribution in [1.29, 1.82) is 0 Å². The van der Waals surface area contributed by atoms with Crippen LogP contribution >= 0.6 is 0 Å². The average molecular weight is 342 g/mol. The first kappa shape index (κ1) is 17.5. The number of nitrogens with zero attached hydrogens (tertiary/aromatic N) is 2. The van der Waals surface area contributed by atoms with Crippen LogP contribution in [0.4, 0.5) is 4.79 Å². The topological polar surface area (TPSA) is 79.2 Å². The molecule has 2 aromatic rings. The predicted octanol–water partition coefficient (Wildman–Crippen LogP) is 2.28. The highest BCUT2D eigenvalue weighted by Crippen LogP contribution is 2.23. The van der Waals surface area contributed by atoms with Crippen LogP contribution in [0, 0.1) is 5.92 Å². The number of carbonyl (C=O) groups excluding carboxylic acids is 1. The summed E-state index contributed by atoms with van der Waals surface area (Å²) >= 11 is 0. The van der Waals surface area contributed by atoms with Gasteiger partial charge in [0, 0.05) is 32.0 Å². The SMILES string of the molecule is O=C(NCc1cccc(Cn2ccnc2)c1)NCC1CCCC(O)C1. The molecule has 134 valence electrons. The van der Waals surface area contributed by atoms with Gasteiger partial charge in [-0.2, -0.15) is 0 Å². The molecule has 0 aliphatic heterocycles. The van der Waals surface area contributed by atoms with Crippen molar-refractivity contribution in [2.24, 2.45) is 5.92 Å². The minimum atomic E-state index is -0.207. The zero-order valence-electron chi connectivity index (χ0n) is 14.4. The molecule has 3 N–H and O–H groups in total. The molecule has 0 bridgehead atoms. The fourth-order valence-corrected chi connectivity index (χ4v) is 3.36. The van der Waals surface area contributed by atoms with Crippen LogP contribution in [-0.4, -0.2) is 33.3 Å². The summed E-state index contributed by atoms with van der Waals surface area (Å²) < 4.78 is 2.01. The van der Waals surface area contributed by atoms with Crippen LogP contribution in [-0.2, 0) is 13.1 Å². The van der Waals surface area contributed by atoms with Crippen molar-refractivity contribution in [1.82, 2.24) is 20.2 Å². The molecule has 1 saturated carbocycles. The predicted molar refractivity (Wildman–Crippen MR) is 96.0 cm³/mol. The molecular weight excluding hydrogens is 316 g/mol. The van der Waals surface area contributed by atoms with E-state index in [4.69, 9.17) is 0 Å². The van der Waals surface area contributed by atoms with Crippen LogP contribution in [0.15, 0.2) is 43.0 Å². The number of rotatable bonds is 6. The normalized spacial score (nSPS) is 20.2. The van der Waals surface area contributed by atoms with Gasteiger partial charge in [0.05, 0.1) is 12.4 Å². The number of urea groups is 1. The second kappa shape index (κ2) is 8.67. The summed E-state index contributed by atoms with van der Waals surface area (Å²) in [7, 11) is 0. The second-order valence-electron chi connectivity index (χ2n) is 6.81. The van der Waals surface area contributed by atoms with Crippen molar-refractivity contribution in [2.75, 3.05) is 6.54 Å². The first-order valence-electron chi connectivity index (χ1n) is 8.92. The fourth-order valence-electron chi connectivity index (χ4n) is 3.36. The zero-order valence-corrected chi connectivity index (χ0v) is 14.4.